The third kappa shape index (κ3) is 5.60. The zero-order chi connectivity index (χ0) is 26.9. The average molecular weight is 527 g/mol. The van der Waals surface area contributed by atoms with Crippen LogP contribution in [0, 0.1) is 28.5 Å². The molecule has 1 aliphatic heterocycles. The van der Waals surface area contributed by atoms with Crippen LogP contribution in [0.5, 0.6) is 5.75 Å². The van der Waals surface area contributed by atoms with Crippen LogP contribution in [-0.2, 0) is 16.2 Å². The summed E-state index contributed by atoms with van der Waals surface area (Å²) in [7, 11) is -4.54. The van der Waals surface area contributed by atoms with E-state index in [1.807, 2.05) is 0 Å². The van der Waals surface area contributed by atoms with E-state index in [1.54, 1.807) is 19.9 Å². The summed E-state index contributed by atoms with van der Waals surface area (Å²) >= 11 is 0. The zero-order valence-corrected chi connectivity index (χ0v) is 20.0. The molecule has 1 aliphatic rings. The topological polar surface area (TPSA) is 126 Å². The number of nitrogens with zero attached hydrogens (tertiary/aromatic N) is 3. The Hall–Kier alpha value is -3.23. The van der Waals surface area contributed by atoms with Crippen LogP contribution in [0.4, 0.5) is 17.6 Å². The molecule has 2 aromatic rings. The minimum absolute atomic E-state index is 0.0639. The number of benzene rings is 2. The SMILES string of the molecule is CC(C)NC[C@]1(O)CN(S(=O)(=O)c2ccc(C(F)(F)F)cc2C#N)C[C@@H]1Oc1ccc(C#N)c(F)c1. The summed E-state index contributed by atoms with van der Waals surface area (Å²) in [6, 6.07) is 8.13. The number of hydrogen-bond acceptors (Lipinski definition) is 7. The molecule has 0 saturated carbocycles. The lowest BCUT2D eigenvalue weighted by atomic mass is 10.00. The molecule has 0 amide bonds. The third-order valence-corrected chi connectivity index (χ3v) is 7.49. The maximum atomic E-state index is 14.1. The van der Waals surface area contributed by atoms with Gasteiger partial charge < -0.3 is 15.2 Å². The molecule has 2 atom stereocenters. The number of nitrogens with one attached hydrogen (secondary N) is 1. The number of rotatable bonds is 7. The maximum absolute atomic E-state index is 14.1. The highest BCUT2D eigenvalue weighted by atomic mass is 32.2. The summed E-state index contributed by atoms with van der Waals surface area (Å²) in [6.07, 6.45) is -5.99. The molecule has 0 unspecified atom stereocenters. The van der Waals surface area contributed by atoms with Crippen molar-refractivity contribution in [3.8, 4) is 17.9 Å². The van der Waals surface area contributed by atoms with Gasteiger partial charge in [-0.05, 0) is 30.3 Å². The molecule has 3 rings (SSSR count). The van der Waals surface area contributed by atoms with Crippen molar-refractivity contribution in [1.82, 2.24) is 9.62 Å². The predicted octanol–water partition coefficient (Wildman–Crippen LogP) is 2.77. The van der Waals surface area contributed by atoms with Gasteiger partial charge in [-0.2, -0.15) is 28.0 Å². The molecular formula is C23H22F4N4O4S. The first-order valence-electron chi connectivity index (χ1n) is 10.6. The molecule has 0 aromatic heterocycles. The van der Waals surface area contributed by atoms with E-state index in [2.05, 4.69) is 5.32 Å². The van der Waals surface area contributed by atoms with Crippen LogP contribution in [0.2, 0.25) is 0 Å². The Morgan fingerprint density at radius 1 is 1.19 bits per heavy atom. The van der Waals surface area contributed by atoms with Crippen molar-refractivity contribution in [3.63, 3.8) is 0 Å². The van der Waals surface area contributed by atoms with E-state index in [0.717, 1.165) is 10.4 Å². The van der Waals surface area contributed by atoms with E-state index in [1.165, 1.54) is 18.2 Å². The second-order valence-electron chi connectivity index (χ2n) is 8.62. The van der Waals surface area contributed by atoms with Crippen molar-refractivity contribution >= 4 is 10.0 Å². The smallest absolute Gasteiger partial charge is 0.416 e. The van der Waals surface area contributed by atoms with Crippen LogP contribution < -0.4 is 10.1 Å². The number of aliphatic hydroxyl groups is 1. The van der Waals surface area contributed by atoms with Crippen LogP contribution in [0.15, 0.2) is 41.3 Å². The van der Waals surface area contributed by atoms with Gasteiger partial charge in [0.25, 0.3) is 0 Å². The Kier molecular flexibility index (Phi) is 7.62. The van der Waals surface area contributed by atoms with Gasteiger partial charge in [0.05, 0.1) is 28.1 Å². The molecule has 0 bridgehead atoms. The van der Waals surface area contributed by atoms with Crippen LogP contribution >= 0.6 is 0 Å². The largest absolute Gasteiger partial charge is 0.486 e. The Labute approximate surface area is 205 Å². The van der Waals surface area contributed by atoms with Gasteiger partial charge in [-0.1, -0.05) is 13.8 Å². The van der Waals surface area contributed by atoms with Gasteiger partial charge in [0.2, 0.25) is 10.0 Å². The second-order valence-corrected chi connectivity index (χ2v) is 10.5. The molecule has 1 heterocycles. The normalized spacial score (nSPS) is 20.8. The van der Waals surface area contributed by atoms with Crippen LogP contribution in [0.1, 0.15) is 30.5 Å². The van der Waals surface area contributed by atoms with Crippen LogP contribution in [0.3, 0.4) is 0 Å². The molecule has 2 aromatic carbocycles. The molecule has 1 fully saturated rings. The lowest BCUT2D eigenvalue weighted by molar-refractivity contribution is -0.137. The van der Waals surface area contributed by atoms with Crippen molar-refractivity contribution in [1.29, 1.82) is 10.5 Å². The third-order valence-electron chi connectivity index (χ3n) is 5.62. The Bertz CT molecular complexity index is 1340. The number of ether oxygens (including phenoxy) is 1. The first-order chi connectivity index (χ1) is 16.7. The van der Waals surface area contributed by atoms with Crippen molar-refractivity contribution in [3.05, 3.63) is 58.9 Å². The Balaban J connectivity index is 1.97. The molecular weight excluding hydrogens is 504 g/mol. The van der Waals surface area contributed by atoms with E-state index in [4.69, 9.17) is 10.00 Å². The number of sulfonamides is 1. The van der Waals surface area contributed by atoms with Gasteiger partial charge in [-0.3, -0.25) is 0 Å². The zero-order valence-electron chi connectivity index (χ0n) is 19.2. The van der Waals surface area contributed by atoms with Crippen molar-refractivity contribution < 1.29 is 35.8 Å². The fraction of sp³-hybridized carbons (Fsp3) is 0.391. The first-order valence-corrected chi connectivity index (χ1v) is 12.1. The predicted molar refractivity (Wildman–Crippen MR) is 119 cm³/mol. The number of β-amino-alcohol motifs (C(OH)–C–C–N with tert-alkyl or cyclic N) is 1. The van der Waals surface area contributed by atoms with Crippen molar-refractivity contribution in [2.75, 3.05) is 19.6 Å². The summed E-state index contributed by atoms with van der Waals surface area (Å²) in [5.74, 6) is -0.935. The second kappa shape index (κ2) is 10.0. The summed E-state index contributed by atoms with van der Waals surface area (Å²) < 4.78 is 86.4. The quantitative estimate of drug-likeness (QED) is 0.532. The number of halogens is 4. The van der Waals surface area contributed by atoms with Gasteiger partial charge in [-0.25, -0.2) is 12.8 Å². The lowest BCUT2D eigenvalue weighted by Crippen LogP contribution is -2.53. The van der Waals surface area contributed by atoms with Crippen LogP contribution in [-0.4, -0.2) is 55.2 Å². The maximum Gasteiger partial charge on any atom is 0.416 e. The van der Waals surface area contributed by atoms with Crippen molar-refractivity contribution in [2.24, 2.45) is 0 Å². The Morgan fingerprint density at radius 3 is 2.42 bits per heavy atom. The minimum Gasteiger partial charge on any atom is -0.486 e. The molecule has 8 nitrogen and oxygen atoms in total. The van der Waals surface area contributed by atoms with E-state index in [0.29, 0.717) is 18.2 Å². The molecule has 36 heavy (non-hydrogen) atoms. The molecule has 1 saturated heterocycles. The molecule has 0 aliphatic carbocycles. The molecule has 0 spiro atoms. The lowest BCUT2D eigenvalue weighted by Gasteiger charge is -2.30. The fourth-order valence-electron chi connectivity index (χ4n) is 3.69. The van der Waals surface area contributed by atoms with Gasteiger partial charge in [0.1, 0.15) is 35.4 Å². The highest BCUT2D eigenvalue weighted by Crippen LogP contribution is 2.35. The van der Waals surface area contributed by atoms with Crippen LogP contribution in [0.25, 0.3) is 0 Å². The number of hydrogen-bond donors (Lipinski definition) is 2. The van der Waals surface area contributed by atoms with E-state index < -0.39 is 62.8 Å². The van der Waals surface area contributed by atoms with Gasteiger partial charge in [0.15, 0.2) is 0 Å². The molecule has 2 N–H and O–H groups in total. The van der Waals surface area contributed by atoms with Gasteiger partial charge in [0, 0.05) is 25.2 Å². The highest BCUT2D eigenvalue weighted by Gasteiger charge is 2.51. The van der Waals surface area contributed by atoms with E-state index in [-0.39, 0.29) is 23.9 Å². The molecule has 0 radical (unpaired) electrons. The standard InChI is InChI=1S/C23H22F4N4O4S/c1-14(2)30-12-22(32)13-31(11-21(22)35-18-5-3-15(9-28)19(24)8-18)36(33,34)20-6-4-17(23(25,26)27)7-16(20)10-29/h3-8,14,21,30,32H,11-13H2,1-2H3/t21-,22-/m0/s1. The van der Waals surface area contributed by atoms with Gasteiger partial charge in [-0.15, -0.1) is 0 Å². The monoisotopic (exact) mass is 526 g/mol. The number of nitriles is 2. The summed E-state index contributed by atoms with van der Waals surface area (Å²) in [5, 5.41) is 32.6. The van der Waals surface area contributed by atoms with E-state index >= 15 is 0 Å². The molecule has 192 valence electrons. The minimum atomic E-state index is -4.78. The average Bonchev–Trinajstić information content (AvgIpc) is 3.14. The summed E-state index contributed by atoms with van der Waals surface area (Å²) in [4.78, 5) is -0.651. The summed E-state index contributed by atoms with van der Waals surface area (Å²) in [6.45, 7) is 2.51. The van der Waals surface area contributed by atoms with E-state index in [9.17, 15) is 36.3 Å². The molecule has 13 heteroatoms. The number of alkyl halides is 3. The fourth-order valence-corrected chi connectivity index (χ4v) is 5.31. The van der Waals surface area contributed by atoms with Crippen molar-refractivity contribution in [2.45, 2.75) is 42.7 Å². The first kappa shape index (κ1) is 27.4. The van der Waals surface area contributed by atoms with Gasteiger partial charge >= 0.3 is 6.18 Å². The summed E-state index contributed by atoms with van der Waals surface area (Å²) in [5.41, 5.74) is -3.94. The highest BCUT2D eigenvalue weighted by molar-refractivity contribution is 7.89. The Morgan fingerprint density at radius 2 is 1.86 bits per heavy atom.